The second kappa shape index (κ2) is 5.61. The van der Waals surface area contributed by atoms with Crippen LogP contribution in [0.25, 0.3) is 0 Å². The van der Waals surface area contributed by atoms with Crippen molar-refractivity contribution in [3.05, 3.63) is 53.3 Å². The molecule has 4 nitrogen and oxygen atoms in total. The molecule has 0 saturated carbocycles. The molecule has 2 aromatic carbocycles. The molecule has 5 heteroatoms. The molecule has 0 bridgehead atoms. The molecule has 0 atom stereocenters. The number of hydrogen-bond acceptors (Lipinski definition) is 4. The fourth-order valence-corrected chi connectivity index (χ4v) is 1.85. The Morgan fingerprint density at radius 2 is 1.55 bits per heavy atom. The van der Waals surface area contributed by atoms with Crippen LogP contribution in [0.5, 0.6) is 11.5 Å². The third kappa shape index (κ3) is 2.56. The van der Waals surface area contributed by atoms with Gasteiger partial charge in [-0.2, -0.15) is 0 Å². The van der Waals surface area contributed by atoms with Gasteiger partial charge in [0.15, 0.2) is 17.3 Å². The average Bonchev–Trinajstić information content (AvgIpc) is 2.46. The van der Waals surface area contributed by atoms with Gasteiger partial charge in [-0.3, -0.25) is 4.79 Å². The van der Waals surface area contributed by atoms with E-state index in [1.807, 2.05) is 0 Å². The fraction of sp³-hybridized carbons (Fsp3) is 0.133. The molecule has 0 spiro atoms. The predicted octanol–water partition coefficient (Wildman–Crippen LogP) is 2.66. The van der Waals surface area contributed by atoms with E-state index in [0.717, 1.165) is 6.07 Å². The molecule has 0 aliphatic carbocycles. The molecule has 0 heterocycles. The number of anilines is 1. The minimum absolute atomic E-state index is 0.0933. The van der Waals surface area contributed by atoms with Crippen LogP contribution in [-0.2, 0) is 0 Å². The van der Waals surface area contributed by atoms with Crippen LogP contribution in [0.2, 0.25) is 0 Å². The van der Waals surface area contributed by atoms with Crippen molar-refractivity contribution < 1.29 is 18.7 Å². The summed E-state index contributed by atoms with van der Waals surface area (Å²) < 4.78 is 23.4. The Labute approximate surface area is 115 Å². The quantitative estimate of drug-likeness (QED) is 0.688. The predicted molar refractivity (Wildman–Crippen MR) is 73.8 cm³/mol. The SMILES string of the molecule is COc1ccc(C(=O)c2ccc(OC)c(F)c2)cc1N. The van der Waals surface area contributed by atoms with Crippen molar-refractivity contribution in [2.75, 3.05) is 20.0 Å². The van der Waals surface area contributed by atoms with Crippen molar-refractivity contribution in [3.8, 4) is 11.5 Å². The maximum Gasteiger partial charge on any atom is 0.193 e. The average molecular weight is 275 g/mol. The van der Waals surface area contributed by atoms with E-state index >= 15 is 0 Å². The van der Waals surface area contributed by atoms with E-state index in [2.05, 4.69) is 0 Å². The van der Waals surface area contributed by atoms with Crippen LogP contribution in [0.15, 0.2) is 36.4 Å². The first-order valence-electron chi connectivity index (χ1n) is 5.88. The van der Waals surface area contributed by atoms with Crippen molar-refractivity contribution in [1.29, 1.82) is 0 Å². The standard InChI is InChI=1S/C15H14FNO3/c1-19-13-5-3-9(7-11(13)16)15(18)10-4-6-14(20-2)12(17)8-10/h3-8H,17H2,1-2H3. The van der Waals surface area contributed by atoms with Gasteiger partial charge in [-0.1, -0.05) is 0 Å². The number of nitrogens with two attached hydrogens (primary N) is 1. The third-order valence-electron chi connectivity index (χ3n) is 2.91. The van der Waals surface area contributed by atoms with Crippen LogP contribution < -0.4 is 15.2 Å². The fourth-order valence-electron chi connectivity index (χ4n) is 1.85. The largest absolute Gasteiger partial charge is 0.495 e. The maximum absolute atomic E-state index is 13.6. The minimum atomic E-state index is -0.583. The number of nitrogen functional groups attached to an aromatic ring is 1. The molecule has 104 valence electrons. The van der Waals surface area contributed by atoms with Crippen molar-refractivity contribution in [2.45, 2.75) is 0 Å². The lowest BCUT2D eigenvalue weighted by molar-refractivity contribution is 0.103. The van der Waals surface area contributed by atoms with Gasteiger partial charge in [-0.15, -0.1) is 0 Å². The molecule has 0 saturated heterocycles. The summed E-state index contributed by atoms with van der Waals surface area (Å²) in [4.78, 5) is 12.2. The Kier molecular flexibility index (Phi) is 3.89. The number of hydrogen-bond donors (Lipinski definition) is 1. The topological polar surface area (TPSA) is 61.5 Å². The molecule has 20 heavy (non-hydrogen) atoms. The minimum Gasteiger partial charge on any atom is -0.495 e. The molecule has 2 aromatic rings. The van der Waals surface area contributed by atoms with Gasteiger partial charge < -0.3 is 15.2 Å². The number of ketones is 1. The number of ether oxygens (including phenoxy) is 2. The summed E-state index contributed by atoms with van der Waals surface area (Å²) in [5.41, 5.74) is 6.70. The normalized spacial score (nSPS) is 10.2. The molecule has 0 radical (unpaired) electrons. The first kappa shape index (κ1) is 13.9. The summed E-state index contributed by atoms with van der Waals surface area (Å²) in [6.45, 7) is 0. The second-order valence-corrected chi connectivity index (χ2v) is 4.14. The summed E-state index contributed by atoms with van der Waals surface area (Å²) in [5.74, 6) is -0.320. The smallest absolute Gasteiger partial charge is 0.193 e. The van der Waals surface area contributed by atoms with Crippen molar-refractivity contribution in [3.63, 3.8) is 0 Å². The van der Waals surface area contributed by atoms with Gasteiger partial charge in [-0.05, 0) is 36.4 Å². The van der Waals surface area contributed by atoms with E-state index < -0.39 is 5.82 Å². The Balaban J connectivity index is 2.36. The summed E-state index contributed by atoms with van der Waals surface area (Å²) in [5, 5.41) is 0. The van der Waals surface area contributed by atoms with E-state index in [9.17, 15) is 9.18 Å². The number of benzene rings is 2. The molecule has 0 fully saturated rings. The lowest BCUT2D eigenvalue weighted by Crippen LogP contribution is -2.04. The molecule has 2 N–H and O–H groups in total. The van der Waals surface area contributed by atoms with Gasteiger partial charge in [-0.25, -0.2) is 4.39 Å². The Bertz CT molecular complexity index is 600. The van der Waals surface area contributed by atoms with E-state index in [0.29, 0.717) is 17.0 Å². The Hall–Kier alpha value is -2.56. The molecule has 2 rings (SSSR count). The van der Waals surface area contributed by atoms with Gasteiger partial charge in [0.2, 0.25) is 0 Å². The number of halogens is 1. The third-order valence-corrected chi connectivity index (χ3v) is 2.91. The van der Waals surface area contributed by atoms with Gasteiger partial charge in [0, 0.05) is 11.1 Å². The molecular formula is C15H14FNO3. The van der Waals surface area contributed by atoms with Crippen molar-refractivity contribution in [2.24, 2.45) is 0 Å². The molecule has 0 unspecified atom stereocenters. The number of methoxy groups -OCH3 is 2. The summed E-state index contributed by atoms with van der Waals surface area (Å²) in [6.07, 6.45) is 0. The highest BCUT2D eigenvalue weighted by Crippen LogP contribution is 2.24. The van der Waals surface area contributed by atoms with E-state index in [4.69, 9.17) is 15.2 Å². The Morgan fingerprint density at radius 3 is 2.05 bits per heavy atom. The molecule has 0 aromatic heterocycles. The van der Waals surface area contributed by atoms with Gasteiger partial charge >= 0.3 is 0 Å². The lowest BCUT2D eigenvalue weighted by atomic mass is 10.0. The second-order valence-electron chi connectivity index (χ2n) is 4.14. The zero-order valence-electron chi connectivity index (χ0n) is 11.1. The summed E-state index contributed by atoms with van der Waals surface area (Å²) >= 11 is 0. The number of rotatable bonds is 4. The molecule has 0 amide bonds. The highest BCUT2D eigenvalue weighted by molar-refractivity contribution is 6.09. The number of carbonyl (C=O) groups is 1. The molecule has 0 aliphatic heterocycles. The monoisotopic (exact) mass is 275 g/mol. The van der Waals surface area contributed by atoms with Crippen LogP contribution in [-0.4, -0.2) is 20.0 Å². The van der Waals surface area contributed by atoms with Crippen molar-refractivity contribution >= 4 is 11.5 Å². The van der Waals surface area contributed by atoms with Gasteiger partial charge in [0.25, 0.3) is 0 Å². The Morgan fingerprint density at radius 1 is 1.00 bits per heavy atom. The molecule has 0 aliphatic rings. The van der Waals surface area contributed by atoms with E-state index in [1.54, 1.807) is 12.1 Å². The van der Waals surface area contributed by atoms with Crippen LogP contribution in [0.4, 0.5) is 10.1 Å². The van der Waals surface area contributed by atoms with Gasteiger partial charge in [0.05, 0.1) is 19.9 Å². The zero-order chi connectivity index (χ0) is 14.7. The highest BCUT2D eigenvalue weighted by atomic mass is 19.1. The summed E-state index contributed by atoms with van der Waals surface area (Å²) in [7, 11) is 2.86. The zero-order valence-corrected chi connectivity index (χ0v) is 11.1. The number of carbonyl (C=O) groups excluding carboxylic acids is 1. The van der Waals surface area contributed by atoms with Crippen LogP contribution in [0.3, 0.4) is 0 Å². The van der Waals surface area contributed by atoms with Crippen molar-refractivity contribution in [1.82, 2.24) is 0 Å². The first-order chi connectivity index (χ1) is 9.56. The van der Waals surface area contributed by atoms with Crippen LogP contribution >= 0.6 is 0 Å². The maximum atomic E-state index is 13.6. The first-order valence-corrected chi connectivity index (χ1v) is 5.88. The highest BCUT2D eigenvalue weighted by Gasteiger charge is 2.13. The van der Waals surface area contributed by atoms with Crippen LogP contribution in [0.1, 0.15) is 15.9 Å². The molecular weight excluding hydrogens is 261 g/mol. The van der Waals surface area contributed by atoms with Crippen LogP contribution in [0, 0.1) is 5.82 Å². The van der Waals surface area contributed by atoms with E-state index in [1.165, 1.54) is 32.4 Å². The van der Waals surface area contributed by atoms with Gasteiger partial charge in [0.1, 0.15) is 5.75 Å². The summed E-state index contributed by atoms with van der Waals surface area (Å²) in [6, 6.07) is 8.74. The lowest BCUT2D eigenvalue weighted by Gasteiger charge is -2.08. The van der Waals surface area contributed by atoms with E-state index in [-0.39, 0.29) is 17.1 Å².